The van der Waals surface area contributed by atoms with Gasteiger partial charge in [-0.1, -0.05) is 44.3 Å². The van der Waals surface area contributed by atoms with Crippen LogP contribution >= 0.6 is 0 Å². The molecule has 0 nitrogen and oxygen atoms in total. The van der Waals surface area contributed by atoms with Crippen LogP contribution in [-0.2, 0) is 0 Å². The highest BCUT2D eigenvalue weighted by molar-refractivity contribution is 5.21. The van der Waals surface area contributed by atoms with Crippen molar-refractivity contribution in [2.75, 3.05) is 0 Å². The van der Waals surface area contributed by atoms with Gasteiger partial charge in [0.05, 0.1) is 0 Å². The van der Waals surface area contributed by atoms with Crippen LogP contribution in [0, 0.1) is 24.7 Å². The number of rotatable bonds is 8. The van der Waals surface area contributed by atoms with Gasteiger partial charge in [-0.3, -0.25) is 0 Å². The van der Waals surface area contributed by atoms with Crippen LogP contribution in [0.15, 0.2) is 24.3 Å². The number of hydrogen-bond donors (Lipinski definition) is 0. The van der Waals surface area contributed by atoms with Crippen LogP contribution in [0.2, 0.25) is 0 Å². The van der Waals surface area contributed by atoms with E-state index in [2.05, 4.69) is 25.0 Å². The maximum absolute atomic E-state index is 5.21. The summed E-state index contributed by atoms with van der Waals surface area (Å²) in [7, 11) is 0. The van der Waals surface area contributed by atoms with Crippen molar-refractivity contribution in [3.63, 3.8) is 0 Å². The van der Waals surface area contributed by atoms with Gasteiger partial charge in [0.2, 0.25) is 0 Å². The normalized spacial score (nSPS) is 8.93. The first-order chi connectivity index (χ1) is 7.20. The lowest BCUT2D eigenvalue weighted by molar-refractivity contribution is 0.617. The van der Waals surface area contributed by atoms with Crippen molar-refractivity contribution in [2.45, 2.75) is 44.9 Å². The Balaban J connectivity index is 3.20. The Kier molecular flexibility index (Phi) is 8.31. The smallest absolute Gasteiger partial charge is 0.00542 e. The largest absolute Gasteiger partial charge is 0.115 e. The Bertz CT molecular complexity index is 250. The molecule has 0 heterocycles. The quantitative estimate of drug-likeness (QED) is 0.409. The summed E-state index contributed by atoms with van der Waals surface area (Å²) >= 11 is 0. The van der Waals surface area contributed by atoms with E-state index in [0.29, 0.717) is 0 Å². The van der Waals surface area contributed by atoms with Gasteiger partial charge in [-0.2, -0.15) is 0 Å². The molecule has 0 aromatic carbocycles. The van der Waals surface area contributed by atoms with Crippen molar-refractivity contribution in [3.05, 3.63) is 24.3 Å². The third kappa shape index (κ3) is 8.92. The minimum absolute atomic E-state index is 0.913. The Hall–Kier alpha value is -1.40. The lowest BCUT2D eigenvalue weighted by Gasteiger charge is -2.01. The average Bonchev–Trinajstić information content (AvgIpc) is 2.26. The molecule has 80 valence electrons. The fraction of sp³-hybridized carbons (Fsp3) is 0.467. The Morgan fingerprint density at radius 2 is 1.07 bits per heavy atom. The number of terminal acetylenes is 2. The summed E-state index contributed by atoms with van der Waals surface area (Å²) in [6.07, 6.45) is 18.3. The zero-order chi connectivity index (χ0) is 11.5. The summed E-state index contributed by atoms with van der Waals surface area (Å²) in [6, 6.07) is 0. The van der Waals surface area contributed by atoms with Gasteiger partial charge in [0.25, 0.3) is 0 Å². The lowest BCUT2D eigenvalue weighted by atomic mass is 10.0. The fourth-order valence-electron chi connectivity index (χ4n) is 1.35. The highest BCUT2D eigenvalue weighted by atomic mass is 14.0. The van der Waals surface area contributed by atoms with Crippen LogP contribution < -0.4 is 0 Å². The molecule has 0 radical (unpaired) electrons. The molecule has 0 saturated heterocycles. The molecule has 0 fully saturated rings. The Morgan fingerprint density at radius 3 is 1.40 bits per heavy atom. The minimum atomic E-state index is 0.913. The predicted octanol–water partition coefficient (Wildman–Crippen LogP) is 4.10. The maximum Gasteiger partial charge on any atom is -0.00542 e. The Labute approximate surface area is 94.5 Å². The van der Waals surface area contributed by atoms with Crippen LogP contribution in [0.5, 0.6) is 0 Å². The number of hydrogen-bond acceptors (Lipinski definition) is 0. The molecule has 0 aromatic rings. The van der Waals surface area contributed by atoms with E-state index in [1.54, 1.807) is 0 Å². The van der Waals surface area contributed by atoms with Crippen molar-refractivity contribution in [3.8, 4) is 24.7 Å². The van der Waals surface area contributed by atoms with Gasteiger partial charge in [0.1, 0.15) is 0 Å². The molecular formula is C15H20. The van der Waals surface area contributed by atoms with Gasteiger partial charge < -0.3 is 0 Å². The molecule has 0 aliphatic rings. The molecule has 0 N–H and O–H groups in total. The molecule has 0 spiro atoms. The summed E-state index contributed by atoms with van der Waals surface area (Å²) in [5.74, 6) is 5.12. The van der Waals surface area contributed by atoms with Crippen LogP contribution in [-0.4, -0.2) is 0 Å². The molecule has 0 aromatic heterocycles. The molecular weight excluding hydrogens is 180 g/mol. The van der Waals surface area contributed by atoms with E-state index in [1.807, 2.05) is 0 Å². The molecule has 0 saturated carbocycles. The minimum Gasteiger partial charge on any atom is -0.115 e. The third-order valence-corrected chi connectivity index (χ3v) is 2.37. The SMILES string of the molecule is C#CC(=C)CCCCCCCC(=C)C#C. The maximum atomic E-state index is 5.21. The summed E-state index contributed by atoms with van der Waals surface area (Å²) < 4.78 is 0. The van der Waals surface area contributed by atoms with E-state index >= 15 is 0 Å². The standard InChI is InChI=1S/C15H20/c1-5-14(3)12-10-8-7-9-11-13-15(4)6-2/h1-2H,3-4,7-13H2. The van der Waals surface area contributed by atoms with Crippen LogP contribution in [0.4, 0.5) is 0 Å². The van der Waals surface area contributed by atoms with Crippen molar-refractivity contribution in [1.82, 2.24) is 0 Å². The van der Waals surface area contributed by atoms with Crippen LogP contribution in [0.25, 0.3) is 0 Å². The zero-order valence-corrected chi connectivity index (χ0v) is 9.52. The molecule has 0 unspecified atom stereocenters. The fourth-order valence-corrected chi connectivity index (χ4v) is 1.35. The molecule has 0 bridgehead atoms. The van der Waals surface area contributed by atoms with E-state index in [9.17, 15) is 0 Å². The highest BCUT2D eigenvalue weighted by Gasteiger charge is 1.93. The van der Waals surface area contributed by atoms with Gasteiger partial charge in [-0.25, -0.2) is 0 Å². The van der Waals surface area contributed by atoms with E-state index < -0.39 is 0 Å². The van der Waals surface area contributed by atoms with Crippen molar-refractivity contribution in [2.24, 2.45) is 0 Å². The molecule has 15 heavy (non-hydrogen) atoms. The second kappa shape index (κ2) is 9.17. The van der Waals surface area contributed by atoms with Crippen molar-refractivity contribution in [1.29, 1.82) is 0 Å². The molecule has 0 rings (SSSR count). The molecule has 0 aliphatic carbocycles. The first-order valence-corrected chi connectivity index (χ1v) is 5.49. The zero-order valence-electron chi connectivity index (χ0n) is 9.52. The highest BCUT2D eigenvalue weighted by Crippen LogP contribution is 2.11. The van der Waals surface area contributed by atoms with E-state index in [-0.39, 0.29) is 0 Å². The summed E-state index contributed by atoms with van der Waals surface area (Å²) in [6.45, 7) is 7.54. The number of unbranched alkanes of at least 4 members (excludes halogenated alkanes) is 4. The van der Waals surface area contributed by atoms with Crippen LogP contribution in [0.1, 0.15) is 44.9 Å². The summed E-state index contributed by atoms with van der Waals surface area (Å²) in [5, 5.41) is 0. The van der Waals surface area contributed by atoms with Gasteiger partial charge in [-0.15, -0.1) is 12.8 Å². The first-order valence-electron chi connectivity index (χ1n) is 5.49. The first kappa shape index (κ1) is 13.6. The average molecular weight is 200 g/mol. The molecule has 0 aliphatic heterocycles. The van der Waals surface area contributed by atoms with Crippen molar-refractivity contribution < 1.29 is 0 Å². The Morgan fingerprint density at radius 1 is 0.733 bits per heavy atom. The second-order valence-electron chi connectivity index (χ2n) is 3.76. The van der Waals surface area contributed by atoms with E-state index in [0.717, 1.165) is 36.8 Å². The number of allylic oxidation sites excluding steroid dienone is 2. The topological polar surface area (TPSA) is 0 Å². The molecule has 0 heteroatoms. The van der Waals surface area contributed by atoms with Gasteiger partial charge in [0.15, 0.2) is 0 Å². The molecule has 0 atom stereocenters. The van der Waals surface area contributed by atoms with Gasteiger partial charge in [-0.05, 0) is 36.8 Å². The summed E-state index contributed by atoms with van der Waals surface area (Å²) in [4.78, 5) is 0. The van der Waals surface area contributed by atoms with Crippen LogP contribution in [0.3, 0.4) is 0 Å². The summed E-state index contributed by atoms with van der Waals surface area (Å²) in [5.41, 5.74) is 1.83. The lowest BCUT2D eigenvalue weighted by Crippen LogP contribution is -1.83. The molecule has 0 amide bonds. The van der Waals surface area contributed by atoms with Gasteiger partial charge >= 0.3 is 0 Å². The van der Waals surface area contributed by atoms with Gasteiger partial charge in [0, 0.05) is 0 Å². The second-order valence-corrected chi connectivity index (χ2v) is 3.76. The third-order valence-electron chi connectivity index (χ3n) is 2.37. The monoisotopic (exact) mass is 200 g/mol. The van der Waals surface area contributed by atoms with E-state index in [1.165, 1.54) is 19.3 Å². The van der Waals surface area contributed by atoms with E-state index in [4.69, 9.17) is 12.8 Å². The van der Waals surface area contributed by atoms with Crippen molar-refractivity contribution >= 4 is 0 Å². The predicted molar refractivity (Wildman–Crippen MR) is 68.3 cm³/mol.